The third-order valence-corrected chi connectivity index (χ3v) is 6.09. The molecule has 3 aromatic rings. The molecule has 1 saturated carbocycles. The van der Waals surface area contributed by atoms with Gasteiger partial charge in [-0.15, -0.1) is 11.3 Å². The first-order valence-electron chi connectivity index (χ1n) is 9.80. The Balaban J connectivity index is 1.33. The third-order valence-electron chi connectivity index (χ3n) is 5.34. The molecule has 0 radical (unpaired) electrons. The van der Waals surface area contributed by atoms with Crippen molar-refractivity contribution in [2.45, 2.75) is 24.9 Å². The first-order valence-corrected chi connectivity index (χ1v) is 10.7. The summed E-state index contributed by atoms with van der Waals surface area (Å²) in [5.74, 6) is -0.0657. The largest absolute Gasteiger partial charge is 0.381 e. The molecule has 2 amide bonds. The number of nitrogens with zero attached hydrogens (tertiary/aromatic N) is 2. The van der Waals surface area contributed by atoms with E-state index in [9.17, 15) is 9.59 Å². The van der Waals surface area contributed by atoms with Crippen molar-refractivity contribution in [1.29, 1.82) is 0 Å². The summed E-state index contributed by atoms with van der Waals surface area (Å²) < 4.78 is 7.16. The van der Waals surface area contributed by atoms with E-state index in [1.807, 2.05) is 24.6 Å². The highest BCUT2D eigenvalue weighted by atomic mass is 32.1. The number of hydrogen-bond donors (Lipinski definition) is 2. The zero-order valence-corrected chi connectivity index (χ0v) is 17.7. The topological polar surface area (TPSA) is 85.3 Å². The van der Waals surface area contributed by atoms with Crippen LogP contribution < -0.4 is 10.6 Å². The summed E-state index contributed by atoms with van der Waals surface area (Å²) in [7, 11) is 3.59. The molecule has 0 unspecified atom stereocenters. The molecule has 4 rings (SSSR count). The van der Waals surface area contributed by atoms with Crippen LogP contribution in [0.25, 0.3) is 11.3 Å². The fourth-order valence-corrected chi connectivity index (χ4v) is 4.25. The molecule has 8 heteroatoms. The van der Waals surface area contributed by atoms with E-state index in [1.54, 1.807) is 30.1 Å². The van der Waals surface area contributed by atoms with Gasteiger partial charge in [0, 0.05) is 37.5 Å². The number of anilines is 1. The van der Waals surface area contributed by atoms with Gasteiger partial charge < -0.3 is 19.9 Å². The van der Waals surface area contributed by atoms with E-state index in [2.05, 4.69) is 27.8 Å². The molecule has 0 atom stereocenters. The van der Waals surface area contributed by atoms with Crippen molar-refractivity contribution < 1.29 is 14.3 Å². The number of hydrogen-bond acceptors (Lipinski definition) is 5. The number of rotatable bonds is 7. The number of methoxy groups -OCH3 is 1. The van der Waals surface area contributed by atoms with Gasteiger partial charge in [-0.3, -0.25) is 9.59 Å². The maximum atomic E-state index is 12.2. The van der Waals surface area contributed by atoms with E-state index in [1.165, 1.54) is 16.9 Å². The predicted octanol–water partition coefficient (Wildman–Crippen LogP) is 3.41. The van der Waals surface area contributed by atoms with Crippen molar-refractivity contribution in [3.8, 4) is 11.3 Å². The Labute approximate surface area is 179 Å². The second kappa shape index (κ2) is 8.81. The predicted molar refractivity (Wildman–Crippen MR) is 117 cm³/mol. The number of carbonyl (C=O) groups is 2. The van der Waals surface area contributed by atoms with E-state index in [0.29, 0.717) is 22.7 Å². The molecule has 156 valence electrons. The van der Waals surface area contributed by atoms with Crippen molar-refractivity contribution >= 4 is 28.3 Å². The van der Waals surface area contributed by atoms with Crippen molar-refractivity contribution in [2.75, 3.05) is 19.0 Å². The highest BCUT2D eigenvalue weighted by Crippen LogP contribution is 2.39. The van der Waals surface area contributed by atoms with Gasteiger partial charge in [-0.25, -0.2) is 4.98 Å². The molecule has 0 aliphatic heterocycles. The van der Waals surface area contributed by atoms with Crippen LogP contribution in [0.4, 0.5) is 5.13 Å². The van der Waals surface area contributed by atoms with Gasteiger partial charge in [-0.2, -0.15) is 0 Å². The molecule has 0 bridgehead atoms. The number of carbonyl (C=O) groups excluding carboxylic acids is 2. The lowest BCUT2D eigenvalue weighted by molar-refractivity contribution is -0.115. The minimum absolute atomic E-state index is 0.111. The molecule has 1 aromatic carbocycles. The molecule has 7 nitrogen and oxygen atoms in total. The summed E-state index contributed by atoms with van der Waals surface area (Å²) in [5, 5.41) is 7.80. The first-order chi connectivity index (χ1) is 14.5. The lowest BCUT2D eigenvalue weighted by atomic mass is 9.77. The number of amides is 2. The van der Waals surface area contributed by atoms with Gasteiger partial charge >= 0.3 is 0 Å². The van der Waals surface area contributed by atoms with Gasteiger partial charge in [0.05, 0.1) is 23.9 Å². The van der Waals surface area contributed by atoms with Gasteiger partial charge in [-0.1, -0.05) is 18.2 Å². The van der Waals surface area contributed by atoms with Crippen LogP contribution in [-0.2, 0) is 16.6 Å². The lowest BCUT2D eigenvalue weighted by Gasteiger charge is -2.34. The van der Waals surface area contributed by atoms with Crippen LogP contribution in [0, 0.1) is 0 Å². The molecule has 1 fully saturated rings. The minimum Gasteiger partial charge on any atom is -0.381 e. The molecular formula is C22H24N4O3S. The Hall–Kier alpha value is -2.97. The Morgan fingerprint density at radius 3 is 2.87 bits per heavy atom. The average Bonchev–Trinajstić information content (AvgIpc) is 3.35. The molecule has 1 aliphatic rings. The average molecular weight is 425 g/mol. The molecule has 30 heavy (non-hydrogen) atoms. The van der Waals surface area contributed by atoms with Gasteiger partial charge in [-0.05, 0) is 36.5 Å². The maximum absolute atomic E-state index is 12.2. The molecule has 2 aromatic heterocycles. The van der Waals surface area contributed by atoms with Crippen LogP contribution >= 0.6 is 11.3 Å². The number of benzene rings is 1. The molecular weight excluding hydrogens is 400 g/mol. The summed E-state index contributed by atoms with van der Waals surface area (Å²) in [6, 6.07) is 10.1. The van der Waals surface area contributed by atoms with Crippen LogP contribution in [0.1, 0.15) is 34.7 Å². The second-order valence-corrected chi connectivity index (χ2v) is 8.34. The van der Waals surface area contributed by atoms with Crippen molar-refractivity contribution in [1.82, 2.24) is 14.9 Å². The molecule has 1 aliphatic carbocycles. The number of aryl methyl sites for hydroxylation is 1. The highest BCUT2D eigenvalue weighted by Gasteiger charge is 2.30. The van der Waals surface area contributed by atoms with Crippen molar-refractivity contribution in [3.63, 3.8) is 0 Å². The van der Waals surface area contributed by atoms with Crippen molar-refractivity contribution in [3.05, 3.63) is 59.2 Å². The van der Waals surface area contributed by atoms with Crippen LogP contribution in [-0.4, -0.2) is 41.1 Å². The van der Waals surface area contributed by atoms with E-state index in [0.717, 1.165) is 24.1 Å². The number of thiazole rings is 1. The summed E-state index contributed by atoms with van der Waals surface area (Å²) in [4.78, 5) is 28.7. The maximum Gasteiger partial charge on any atom is 0.253 e. The van der Waals surface area contributed by atoms with E-state index < -0.39 is 0 Å². The zero-order valence-electron chi connectivity index (χ0n) is 16.9. The Morgan fingerprint density at radius 1 is 1.30 bits per heavy atom. The quantitative estimate of drug-likeness (QED) is 0.609. The first kappa shape index (κ1) is 20.3. The standard InChI is InChI=1S/C22H24N4O3S/c1-26-7-6-16(12-26)21(28)23-11-20(27)25-22-24-19(13-30-22)15-5-3-4-14(8-15)17-9-18(10-17)29-2/h3-8,12-13,17-18H,9-11H2,1-2H3,(H,23,28)(H,24,25,27)/t17-,18-. The Bertz CT molecular complexity index is 1050. The molecule has 0 spiro atoms. The van der Waals surface area contributed by atoms with Crippen LogP contribution in [0.5, 0.6) is 0 Å². The molecule has 2 heterocycles. The lowest BCUT2D eigenvalue weighted by Crippen LogP contribution is -2.32. The Kier molecular flexibility index (Phi) is 5.96. The van der Waals surface area contributed by atoms with Gasteiger partial charge in [0.2, 0.25) is 5.91 Å². The van der Waals surface area contributed by atoms with Gasteiger partial charge in [0.25, 0.3) is 5.91 Å². The van der Waals surface area contributed by atoms with Crippen LogP contribution in [0.3, 0.4) is 0 Å². The van der Waals surface area contributed by atoms with E-state index in [-0.39, 0.29) is 18.4 Å². The number of aromatic nitrogens is 2. The van der Waals surface area contributed by atoms with Crippen LogP contribution in [0.2, 0.25) is 0 Å². The summed E-state index contributed by atoms with van der Waals surface area (Å²) in [5.41, 5.74) is 3.67. The van der Waals surface area contributed by atoms with Gasteiger partial charge in [0.1, 0.15) is 0 Å². The minimum atomic E-state index is -0.311. The van der Waals surface area contributed by atoms with Crippen LogP contribution in [0.15, 0.2) is 48.1 Å². The monoisotopic (exact) mass is 424 g/mol. The fourth-order valence-electron chi connectivity index (χ4n) is 3.51. The Morgan fingerprint density at radius 2 is 2.13 bits per heavy atom. The second-order valence-electron chi connectivity index (χ2n) is 7.49. The van der Waals surface area contributed by atoms with Gasteiger partial charge in [0.15, 0.2) is 5.13 Å². The summed E-state index contributed by atoms with van der Waals surface area (Å²) in [6.07, 6.45) is 5.94. The van der Waals surface area contributed by atoms with E-state index in [4.69, 9.17) is 4.74 Å². The molecule has 0 saturated heterocycles. The zero-order chi connectivity index (χ0) is 21.1. The molecule has 2 N–H and O–H groups in total. The summed E-state index contributed by atoms with van der Waals surface area (Å²) >= 11 is 1.37. The van der Waals surface area contributed by atoms with E-state index >= 15 is 0 Å². The normalized spacial score (nSPS) is 17.9. The highest BCUT2D eigenvalue weighted by molar-refractivity contribution is 7.14. The summed E-state index contributed by atoms with van der Waals surface area (Å²) in [6.45, 7) is -0.111. The number of nitrogens with one attached hydrogen (secondary N) is 2. The van der Waals surface area contributed by atoms with Crippen molar-refractivity contribution in [2.24, 2.45) is 7.05 Å². The fraction of sp³-hybridized carbons (Fsp3) is 0.318. The smallest absolute Gasteiger partial charge is 0.253 e. The number of ether oxygens (including phenoxy) is 1. The third kappa shape index (κ3) is 4.60. The SMILES string of the molecule is CO[C@H]1C[C@H](c2cccc(-c3csc(NC(=O)CNC(=O)c4ccn(C)c4)n3)c2)C1.